The van der Waals surface area contributed by atoms with Gasteiger partial charge in [-0.25, -0.2) is 9.78 Å². The number of aromatic nitrogens is 1. The summed E-state index contributed by atoms with van der Waals surface area (Å²) in [5, 5.41) is 6.76. The Morgan fingerprint density at radius 2 is 1.74 bits per heavy atom. The molecule has 2 rings (SSSR count). The van der Waals surface area contributed by atoms with Gasteiger partial charge in [-0.15, -0.1) is 0 Å². The second-order valence-corrected chi connectivity index (χ2v) is 6.72. The number of nitrogens with zero attached hydrogens (tertiary/aromatic N) is 1. The Morgan fingerprint density at radius 3 is 2.26 bits per heavy atom. The molecular weight excluding hydrogens is 337 g/mol. The molecule has 0 saturated heterocycles. The van der Waals surface area contributed by atoms with Crippen molar-refractivity contribution in [2.75, 3.05) is 10.6 Å². The van der Waals surface area contributed by atoms with Crippen molar-refractivity contribution >= 4 is 46.5 Å². The second-order valence-electron chi connectivity index (χ2n) is 5.84. The Labute approximate surface area is 145 Å². The maximum atomic E-state index is 11.7. The van der Waals surface area contributed by atoms with E-state index in [0.717, 1.165) is 5.69 Å². The van der Waals surface area contributed by atoms with Crippen molar-refractivity contribution in [3.63, 3.8) is 0 Å². The molecule has 0 aliphatic rings. The zero-order valence-electron chi connectivity index (χ0n) is 13.0. The normalized spacial score (nSPS) is 11.0. The third kappa shape index (κ3) is 5.96. The van der Waals surface area contributed by atoms with Crippen LogP contribution in [0.2, 0.25) is 10.0 Å². The van der Waals surface area contributed by atoms with Gasteiger partial charge in [0.2, 0.25) is 0 Å². The van der Waals surface area contributed by atoms with Gasteiger partial charge in [-0.3, -0.25) is 5.32 Å². The number of anilines is 3. The van der Waals surface area contributed by atoms with Crippen LogP contribution >= 0.6 is 23.2 Å². The maximum absolute atomic E-state index is 11.7. The summed E-state index contributed by atoms with van der Waals surface area (Å²) < 4.78 is 5.17. The average Bonchev–Trinajstić information content (AvgIpc) is 2.37. The maximum Gasteiger partial charge on any atom is 0.412 e. The molecule has 1 aromatic carbocycles. The molecule has 0 spiro atoms. The number of ether oxygens (including phenoxy) is 1. The van der Waals surface area contributed by atoms with Crippen molar-refractivity contribution in [3.05, 3.63) is 46.6 Å². The van der Waals surface area contributed by atoms with Crippen molar-refractivity contribution in [1.29, 1.82) is 0 Å². The summed E-state index contributed by atoms with van der Waals surface area (Å²) >= 11 is 11.9. The first-order valence-corrected chi connectivity index (χ1v) is 7.66. The minimum absolute atomic E-state index is 0.526. The number of rotatable bonds is 3. The number of carbonyl (C=O) groups is 1. The molecule has 0 aliphatic heterocycles. The fourth-order valence-corrected chi connectivity index (χ4v) is 2.26. The van der Waals surface area contributed by atoms with E-state index in [4.69, 9.17) is 27.9 Å². The van der Waals surface area contributed by atoms with Crippen molar-refractivity contribution in [1.82, 2.24) is 4.98 Å². The minimum atomic E-state index is -0.551. The number of halogens is 2. The average molecular weight is 354 g/mol. The van der Waals surface area contributed by atoms with E-state index in [9.17, 15) is 4.79 Å². The summed E-state index contributed by atoms with van der Waals surface area (Å²) in [6.07, 6.45) is 1.000. The standard InChI is InChI=1S/C16H17Cl2N3O2/c1-16(2,3)23-15(22)21-12-4-5-14(19-9-12)20-13-7-10(17)6-11(18)8-13/h4-9H,1-3H3,(H,19,20)(H,21,22). The van der Waals surface area contributed by atoms with Crippen LogP contribution in [0.3, 0.4) is 0 Å². The quantitative estimate of drug-likeness (QED) is 0.766. The number of hydrogen-bond acceptors (Lipinski definition) is 4. The predicted molar refractivity (Wildman–Crippen MR) is 93.8 cm³/mol. The molecule has 5 nitrogen and oxygen atoms in total. The second kappa shape index (κ2) is 7.06. The summed E-state index contributed by atoms with van der Waals surface area (Å²) in [5.74, 6) is 0.595. The fraction of sp³-hybridized carbons (Fsp3) is 0.250. The first-order valence-electron chi connectivity index (χ1n) is 6.90. The first kappa shape index (κ1) is 17.4. The molecule has 2 aromatic rings. The van der Waals surface area contributed by atoms with Crippen LogP contribution < -0.4 is 10.6 Å². The van der Waals surface area contributed by atoms with Gasteiger partial charge < -0.3 is 10.1 Å². The lowest BCUT2D eigenvalue weighted by atomic mass is 10.2. The highest BCUT2D eigenvalue weighted by molar-refractivity contribution is 6.35. The molecule has 2 N–H and O–H groups in total. The van der Waals surface area contributed by atoms with Gasteiger partial charge in [0.25, 0.3) is 0 Å². The minimum Gasteiger partial charge on any atom is -0.444 e. The molecule has 0 atom stereocenters. The van der Waals surface area contributed by atoms with Gasteiger partial charge in [-0.2, -0.15) is 0 Å². The first-order chi connectivity index (χ1) is 10.7. The van der Waals surface area contributed by atoms with E-state index in [2.05, 4.69) is 15.6 Å². The third-order valence-corrected chi connectivity index (χ3v) is 2.98. The Kier molecular flexibility index (Phi) is 5.34. The van der Waals surface area contributed by atoms with Gasteiger partial charge in [-0.1, -0.05) is 23.2 Å². The van der Waals surface area contributed by atoms with Crippen LogP contribution in [0.15, 0.2) is 36.5 Å². The van der Waals surface area contributed by atoms with Crippen molar-refractivity contribution in [2.45, 2.75) is 26.4 Å². The van der Waals surface area contributed by atoms with Crippen LogP contribution in [-0.2, 0) is 4.74 Å². The van der Waals surface area contributed by atoms with E-state index >= 15 is 0 Å². The largest absolute Gasteiger partial charge is 0.444 e. The number of hydrogen-bond donors (Lipinski definition) is 2. The van der Waals surface area contributed by atoms with Crippen LogP contribution in [-0.4, -0.2) is 16.7 Å². The lowest BCUT2D eigenvalue weighted by Crippen LogP contribution is -2.27. The number of pyridine rings is 1. The summed E-state index contributed by atoms with van der Waals surface area (Å²) in [7, 11) is 0. The monoisotopic (exact) mass is 353 g/mol. The van der Waals surface area contributed by atoms with Gasteiger partial charge >= 0.3 is 6.09 Å². The zero-order chi connectivity index (χ0) is 17.0. The highest BCUT2D eigenvalue weighted by atomic mass is 35.5. The molecule has 1 aromatic heterocycles. The van der Waals surface area contributed by atoms with E-state index in [1.54, 1.807) is 51.1 Å². The van der Waals surface area contributed by atoms with Crippen LogP contribution in [0.5, 0.6) is 0 Å². The van der Waals surface area contributed by atoms with Crippen LogP contribution in [0.1, 0.15) is 20.8 Å². The molecule has 122 valence electrons. The number of nitrogens with one attached hydrogen (secondary N) is 2. The van der Waals surface area contributed by atoms with Gasteiger partial charge in [0, 0.05) is 15.7 Å². The van der Waals surface area contributed by atoms with Gasteiger partial charge in [0.05, 0.1) is 11.9 Å². The van der Waals surface area contributed by atoms with Crippen LogP contribution in [0, 0.1) is 0 Å². The summed E-state index contributed by atoms with van der Waals surface area (Å²) in [6, 6.07) is 8.56. The Hall–Kier alpha value is -1.98. The molecule has 0 fully saturated rings. The molecule has 0 saturated carbocycles. The molecule has 0 bridgehead atoms. The van der Waals surface area contributed by atoms with Gasteiger partial charge in [0.1, 0.15) is 11.4 Å². The molecule has 0 radical (unpaired) electrons. The lowest BCUT2D eigenvalue weighted by Gasteiger charge is -2.19. The van der Waals surface area contributed by atoms with E-state index in [-0.39, 0.29) is 0 Å². The Balaban J connectivity index is 2.00. The van der Waals surface area contributed by atoms with E-state index in [0.29, 0.717) is 21.6 Å². The summed E-state index contributed by atoms with van der Waals surface area (Å²) in [5.41, 5.74) is 0.710. The zero-order valence-corrected chi connectivity index (χ0v) is 14.5. The smallest absolute Gasteiger partial charge is 0.412 e. The SMILES string of the molecule is CC(C)(C)OC(=O)Nc1ccc(Nc2cc(Cl)cc(Cl)c2)nc1. The molecule has 23 heavy (non-hydrogen) atoms. The summed E-state index contributed by atoms with van der Waals surface area (Å²) in [6.45, 7) is 5.40. The molecule has 0 aliphatic carbocycles. The predicted octanol–water partition coefficient (Wildman–Crippen LogP) is 5.48. The molecule has 7 heteroatoms. The number of carbonyl (C=O) groups excluding carboxylic acids is 1. The molecule has 1 heterocycles. The Morgan fingerprint density at radius 1 is 1.09 bits per heavy atom. The Bertz CT molecular complexity index is 677. The summed E-state index contributed by atoms with van der Waals surface area (Å²) in [4.78, 5) is 15.9. The lowest BCUT2D eigenvalue weighted by molar-refractivity contribution is 0.0636. The molecular formula is C16H17Cl2N3O2. The molecule has 0 unspecified atom stereocenters. The third-order valence-electron chi connectivity index (χ3n) is 2.54. The van der Waals surface area contributed by atoms with E-state index in [1.807, 2.05) is 0 Å². The number of amides is 1. The fourth-order valence-electron chi connectivity index (χ4n) is 1.74. The van der Waals surface area contributed by atoms with Crippen LogP contribution in [0.4, 0.5) is 22.0 Å². The van der Waals surface area contributed by atoms with Crippen molar-refractivity contribution in [2.24, 2.45) is 0 Å². The highest BCUT2D eigenvalue weighted by Crippen LogP contribution is 2.25. The van der Waals surface area contributed by atoms with Gasteiger partial charge in [0.15, 0.2) is 0 Å². The van der Waals surface area contributed by atoms with Crippen molar-refractivity contribution < 1.29 is 9.53 Å². The topological polar surface area (TPSA) is 63.2 Å². The van der Waals surface area contributed by atoms with E-state index < -0.39 is 11.7 Å². The van der Waals surface area contributed by atoms with Gasteiger partial charge in [-0.05, 0) is 51.1 Å². The van der Waals surface area contributed by atoms with Crippen LogP contribution in [0.25, 0.3) is 0 Å². The number of benzene rings is 1. The highest BCUT2D eigenvalue weighted by Gasteiger charge is 2.16. The molecule has 1 amide bonds. The van der Waals surface area contributed by atoms with Crippen molar-refractivity contribution in [3.8, 4) is 0 Å². The van der Waals surface area contributed by atoms with E-state index in [1.165, 1.54) is 6.20 Å².